The molecule has 1 heterocycles. The van der Waals surface area contributed by atoms with Crippen LogP contribution in [0.5, 0.6) is 0 Å². The number of esters is 2. The Hall–Kier alpha value is -2.73. The number of hydrogen-bond acceptors (Lipinski definition) is 5. The molecule has 31 heavy (non-hydrogen) atoms. The maximum absolute atomic E-state index is 14.4. The van der Waals surface area contributed by atoms with Crippen molar-refractivity contribution in [3.8, 4) is 0 Å². The molecule has 1 aliphatic heterocycles. The minimum atomic E-state index is -0.604. The SMILES string of the molecule is CCOC(=O)[C@H]1CN(Cc2ccccc2)C[C@H](C(=O)OCC)C1c1cccc(F)c1C. The van der Waals surface area contributed by atoms with Gasteiger partial charge in [-0.3, -0.25) is 14.5 Å². The average Bonchev–Trinajstić information content (AvgIpc) is 2.76. The van der Waals surface area contributed by atoms with Crippen LogP contribution >= 0.6 is 0 Å². The summed E-state index contributed by atoms with van der Waals surface area (Å²) in [7, 11) is 0. The van der Waals surface area contributed by atoms with Crippen LogP contribution in [-0.2, 0) is 25.6 Å². The van der Waals surface area contributed by atoms with Crippen molar-refractivity contribution in [1.82, 2.24) is 4.90 Å². The summed E-state index contributed by atoms with van der Waals surface area (Å²) in [5.74, 6) is -2.82. The van der Waals surface area contributed by atoms with Crippen LogP contribution in [0.15, 0.2) is 48.5 Å². The smallest absolute Gasteiger partial charge is 0.310 e. The molecule has 0 aliphatic carbocycles. The van der Waals surface area contributed by atoms with E-state index in [0.29, 0.717) is 30.8 Å². The van der Waals surface area contributed by atoms with E-state index < -0.39 is 17.8 Å². The van der Waals surface area contributed by atoms with Gasteiger partial charge in [0.1, 0.15) is 5.82 Å². The number of carbonyl (C=O) groups excluding carboxylic acids is 2. The number of rotatable bonds is 7. The van der Waals surface area contributed by atoms with E-state index in [4.69, 9.17) is 9.47 Å². The molecule has 0 spiro atoms. The monoisotopic (exact) mass is 427 g/mol. The van der Waals surface area contributed by atoms with Gasteiger partial charge in [-0.05, 0) is 43.5 Å². The van der Waals surface area contributed by atoms with Gasteiger partial charge in [0.15, 0.2) is 0 Å². The molecule has 5 nitrogen and oxygen atoms in total. The topological polar surface area (TPSA) is 55.8 Å². The van der Waals surface area contributed by atoms with Crippen LogP contribution in [0, 0.1) is 24.6 Å². The van der Waals surface area contributed by atoms with Crippen LogP contribution in [0.2, 0.25) is 0 Å². The second-order valence-corrected chi connectivity index (χ2v) is 7.88. The Kier molecular flexibility index (Phi) is 7.80. The third kappa shape index (κ3) is 5.31. The highest BCUT2D eigenvalue weighted by molar-refractivity contribution is 5.79. The molecule has 0 amide bonds. The van der Waals surface area contributed by atoms with Crippen molar-refractivity contribution >= 4 is 11.9 Å². The van der Waals surface area contributed by atoms with Gasteiger partial charge in [0.2, 0.25) is 0 Å². The predicted molar refractivity (Wildman–Crippen MR) is 116 cm³/mol. The lowest BCUT2D eigenvalue weighted by Gasteiger charge is -2.42. The Morgan fingerprint density at radius 2 is 1.52 bits per heavy atom. The largest absolute Gasteiger partial charge is 0.466 e. The molecule has 0 radical (unpaired) electrons. The molecule has 0 N–H and O–H groups in total. The first-order valence-electron chi connectivity index (χ1n) is 10.8. The minimum absolute atomic E-state index is 0.243. The van der Waals surface area contributed by atoms with E-state index in [1.165, 1.54) is 6.07 Å². The summed E-state index contributed by atoms with van der Waals surface area (Å²) in [6.45, 7) is 7.13. The van der Waals surface area contributed by atoms with E-state index in [0.717, 1.165) is 5.56 Å². The second-order valence-electron chi connectivity index (χ2n) is 7.88. The van der Waals surface area contributed by atoms with Crippen molar-refractivity contribution in [3.05, 3.63) is 71.0 Å². The maximum Gasteiger partial charge on any atom is 0.310 e. The molecule has 1 fully saturated rings. The molecule has 0 bridgehead atoms. The first-order chi connectivity index (χ1) is 15.0. The number of hydrogen-bond donors (Lipinski definition) is 0. The Bertz CT molecular complexity index is 874. The second kappa shape index (κ2) is 10.5. The third-order valence-corrected chi connectivity index (χ3v) is 5.87. The van der Waals surface area contributed by atoms with Crippen LogP contribution < -0.4 is 0 Å². The Morgan fingerprint density at radius 3 is 2.06 bits per heavy atom. The fourth-order valence-electron chi connectivity index (χ4n) is 4.47. The Balaban J connectivity index is 2.02. The summed E-state index contributed by atoms with van der Waals surface area (Å²) in [5.41, 5.74) is 2.20. The van der Waals surface area contributed by atoms with Gasteiger partial charge in [0, 0.05) is 25.6 Å². The van der Waals surface area contributed by atoms with Gasteiger partial charge in [0.05, 0.1) is 25.0 Å². The zero-order valence-electron chi connectivity index (χ0n) is 18.3. The molecule has 3 rings (SSSR count). The standard InChI is InChI=1S/C25H30FNO4/c1-4-30-24(28)20-15-27(14-18-10-7-6-8-11-18)16-21(25(29)31-5-2)23(20)19-12-9-13-22(26)17(19)3/h6-13,20-21,23H,4-5,14-16H2,1-3H3/t20-,21-/m0/s1. The van der Waals surface area contributed by atoms with Crippen LogP contribution in [-0.4, -0.2) is 43.1 Å². The van der Waals surface area contributed by atoms with Crippen molar-refractivity contribution in [2.45, 2.75) is 33.2 Å². The summed E-state index contributed by atoms with van der Waals surface area (Å²) < 4.78 is 25.2. The van der Waals surface area contributed by atoms with E-state index in [2.05, 4.69) is 4.90 Å². The fourth-order valence-corrected chi connectivity index (χ4v) is 4.47. The number of ether oxygens (including phenoxy) is 2. The maximum atomic E-state index is 14.4. The van der Waals surface area contributed by atoms with Gasteiger partial charge in [-0.15, -0.1) is 0 Å². The van der Waals surface area contributed by atoms with Crippen LogP contribution in [0.25, 0.3) is 0 Å². The van der Waals surface area contributed by atoms with Crippen molar-refractivity contribution in [1.29, 1.82) is 0 Å². The lowest BCUT2D eigenvalue weighted by molar-refractivity contribution is -0.158. The highest BCUT2D eigenvalue weighted by atomic mass is 19.1. The van der Waals surface area contributed by atoms with Crippen molar-refractivity contribution in [3.63, 3.8) is 0 Å². The minimum Gasteiger partial charge on any atom is -0.466 e. The number of benzene rings is 2. The molecule has 2 aromatic rings. The van der Waals surface area contributed by atoms with Gasteiger partial charge in [0.25, 0.3) is 0 Å². The fraction of sp³-hybridized carbons (Fsp3) is 0.440. The molecule has 1 saturated heterocycles. The lowest BCUT2D eigenvalue weighted by atomic mass is 9.72. The lowest BCUT2D eigenvalue weighted by Crippen LogP contribution is -2.51. The Labute approximate surface area is 183 Å². The third-order valence-electron chi connectivity index (χ3n) is 5.87. The highest BCUT2D eigenvalue weighted by Gasteiger charge is 2.46. The first-order valence-corrected chi connectivity index (χ1v) is 10.8. The molecule has 0 aromatic heterocycles. The molecule has 2 atom stereocenters. The van der Waals surface area contributed by atoms with Gasteiger partial charge in [-0.2, -0.15) is 0 Å². The van der Waals surface area contributed by atoms with E-state index in [1.54, 1.807) is 32.9 Å². The zero-order chi connectivity index (χ0) is 22.4. The van der Waals surface area contributed by atoms with Crippen molar-refractivity contribution in [2.24, 2.45) is 11.8 Å². The van der Waals surface area contributed by atoms with Gasteiger partial charge in [-0.1, -0.05) is 42.5 Å². The highest BCUT2D eigenvalue weighted by Crippen LogP contribution is 2.41. The molecule has 0 saturated carbocycles. The summed E-state index contributed by atoms with van der Waals surface area (Å²) in [5, 5.41) is 0. The van der Waals surface area contributed by atoms with E-state index in [9.17, 15) is 14.0 Å². The number of piperidine rings is 1. The molecule has 2 aromatic carbocycles. The molecular formula is C25H30FNO4. The first kappa shape index (κ1) is 22.9. The zero-order valence-corrected chi connectivity index (χ0v) is 18.3. The van der Waals surface area contributed by atoms with Gasteiger partial charge < -0.3 is 9.47 Å². The van der Waals surface area contributed by atoms with Gasteiger partial charge in [-0.25, -0.2) is 4.39 Å². The summed E-state index contributed by atoms with van der Waals surface area (Å²) in [6.07, 6.45) is 0. The molecular weight excluding hydrogens is 397 g/mol. The van der Waals surface area contributed by atoms with Gasteiger partial charge >= 0.3 is 11.9 Å². The van der Waals surface area contributed by atoms with E-state index >= 15 is 0 Å². The molecule has 0 unspecified atom stereocenters. The van der Waals surface area contributed by atoms with Crippen molar-refractivity contribution in [2.75, 3.05) is 26.3 Å². The number of halogens is 1. The van der Waals surface area contributed by atoms with Crippen LogP contribution in [0.3, 0.4) is 0 Å². The van der Waals surface area contributed by atoms with E-state index in [1.807, 2.05) is 30.3 Å². The van der Waals surface area contributed by atoms with E-state index in [-0.39, 0.29) is 31.0 Å². The predicted octanol–water partition coefficient (Wildman–Crippen LogP) is 4.09. The van der Waals surface area contributed by atoms with Crippen LogP contribution in [0.1, 0.15) is 36.5 Å². The number of likely N-dealkylation sites (tertiary alicyclic amines) is 1. The number of nitrogens with zero attached hydrogens (tertiary/aromatic N) is 1. The summed E-state index contributed by atoms with van der Waals surface area (Å²) >= 11 is 0. The molecule has 6 heteroatoms. The molecule has 1 aliphatic rings. The average molecular weight is 428 g/mol. The summed E-state index contributed by atoms with van der Waals surface area (Å²) in [6, 6.07) is 14.7. The Morgan fingerprint density at radius 1 is 0.935 bits per heavy atom. The van der Waals surface area contributed by atoms with Crippen LogP contribution in [0.4, 0.5) is 4.39 Å². The summed E-state index contributed by atoms with van der Waals surface area (Å²) in [4.78, 5) is 28.1. The van der Waals surface area contributed by atoms with Crippen molar-refractivity contribution < 1.29 is 23.5 Å². The normalized spacial score (nSPS) is 19.7. The molecule has 166 valence electrons. The number of carbonyl (C=O) groups is 2. The quantitative estimate of drug-likeness (QED) is 0.623.